The van der Waals surface area contributed by atoms with Crippen LogP contribution in [0, 0.1) is 0 Å². The fourth-order valence-corrected chi connectivity index (χ4v) is 3.30. The van der Waals surface area contributed by atoms with Crippen LogP contribution in [0.2, 0.25) is 10.0 Å². The van der Waals surface area contributed by atoms with Crippen LogP contribution in [0.25, 0.3) is 11.1 Å². The molecule has 3 aromatic rings. The predicted octanol–water partition coefficient (Wildman–Crippen LogP) is 6.33. The first-order valence-electron chi connectivity index (χ1n) is 8.39. The maximum absolute atomic E-state index is 6.27. The molecule has 2 unspecified atom stereocenters. The minimum absolute atomic E-state index is 0.0667. The summed E-state index contributed by atoms with van der Waals surface area (Å²) in [7, 11) is 0. The Morgan fingerprint density at radius 2 is 1.16 bits per heavy atom. The molecule has 0 bridgehead atoms. The van der Waals surface area contributed by atoms with Crippen LogP contribution in [-0.2, 0) is 6.42 Å². The molecule has 2 N–H and O–H groups in total. The number of benzene rings is 3. The van der Waals surface area contributed by atoms with Gasteiger partial charge >= 0.3 is 0 Å². The van der Waals surface area contributed by atoms with Crippen LogP contribution < -0.4 is 5.73 Å². The van der Waals surface area contributed by atoms with Crippen molar-refractivity contribution >= 4 is 23.2 Å². The molecular weight excluding hydrogens is 349 g/mol. The molecule has 0 heterocycles. The first-order chi connectivity index (χ1) is 12.0. The molecular formula is C22H21Cl2N. The van der Waals surface area contributed by atoms with Crippen molar-refractivity contribution in [3.63, 3.8) is 0 Å². The van der Waals surface area contributed by atoms with Gasteiger partial charge in [-0.1, -0.05) is 71.7 Å². The highest BCUT2D eigenvalue weighted by molar-refractivity contribution is 6.30. The SMILES string of the molecule is CC(N)C(Cc1ccc(Cl)cc1)c1ccc(-c2ccc(Cl)cc2)cc1. The highest BCUT2D eigenvalue weighted by Crippen LogP contribution is 2.28. The lowest BCUT2D eigenvalue weighted by Gasteiger charge is -2.22. The van der Waals surface area contributed by atoms with E-state index in [2.05, 4.69) is 43.3 Å². The third-order valence-electron chi connectivity index (χ3n) is 4.52. The van der Waals surface area contributed by atoms with Crippen LogP contribution in [0.5, 0.6) is 0 Å². The Balaban J connectivity index is 1.82. The van der Waals surface area contributed by atoms with Crippen LogP contribution in [0.15, 0.2) is 72.8 Å². The predicted molar refractivity (Wildman–Crippen MR) is 108 cm³/mol. The molecule has 2 atom stereocenters. The summed E-state index contributed by atoms with van der Waals surface area (Å²) < 4.78 is 0. The van der Waals surface area contributed by atoms with Crippen LogP contribution >= 0.6 is 23.2 Å². The molecule has 1 nitrogen and oxygen atoms in total. The normalized spacial score (nSPS) is 13.4. The second-order valence-corrected chi connectivity index (χ2v) is 7.30. The summed E-state index contributed by atoms with van der Waals surface area (Å²) in [4.78, 5) is 0. The van der Waals surface area contributed by atoms with E-state index in [9.17, 15) is 0 Å². The second kappa shape index (κ2) is 8.05. The molecule has 25 heavy (non-hydrogen) atoms. The summed E-state index contributed by atoms with van der Waals surface area (Å²) >= 11 is 11.9. The van der Waals surface area contributed by atoms with E-state index in [0.29, 0.717) is 0 Å². The van der Waals surface area contributed by atoms with Crippen molar-refractivity contribution in [1.82, 2.24) is 0 Å². The zero-order valence-corrected chi connectivity index (χ0v) is 15.6. The van der Waals surface area contributed by atoms with Crippen molar-refractivity contribution < 1.29 is 0 Å². The van der Waals surface area contributed by atoms with Gasteiger partial charge in [0, 0.05) is 22.0 Å². The summed E-state index contributed by atoms with van der Waals surface area (Å²) in [5, 5.41) is 1.51. The molecule has 0 spiro atoms. The molecule has 0 fully saturated rings. The van der Waals surface area contributed by atoms with E-state index < -0.39 is 0 Å². The van der Waals surface area contributed by atoms with Crippen LogP contribution in [0.4, 0.5) is 0 Å². The molecule has 3 rings (SSSR count). The lowest BCUT2D eigenvalue weighted by atomic mass is 9.86. The average molecular weight is 370 g/mol. The van der Waals surface area contributed by atoms with Gasteiger partial charge in [-0.3, -0.25) is 0 Å². The fraction of sp³-hybridized carbons (Fsp3) is 0.182. The van der Waals surface area contributed by atoms with Gasteiger partial charge in [0.1, 0.15) is 0 Å². The highest BCUT2D eigenvalue weighted by Gasteiger charge is 2.17. The van der Waals surface area contributed by atoms with Crippen molar-refractivity contribution in [1.29, 1.82) is 0 Å². The molecule has 128 valence electrons. The Labute approximate surface area is 159 Å². The lowest BCUT2D eigenvalue weighted by molar-refractivity contribution is 0.565. The molecule has 0 aromatic heterocycles. The molecule has 0 aliphatic heterocycles. The Bertz CT molecular complexity index is 806. The third-order valence-corrected chi connectivity index (χ3v) is 5.02. The molecule has 0 saturated carbocycles. The van der Waals surface area contributed by atoms with E-state index in [1.165, 1.54) is 16.7 Å². The second-order valence-electron chi connectivity index (χ2n) is 6.43. The van der Waals surface area contributed by atoms with Gasteiger partial charge in [0.2, 0.25) is 0 Å². The number of nitrogens with two attached hydrogens (primary N) is 1. The molecule has 0 aliphatic carbocycles. The van der Waals surface area contributed by atoms with Crippen molar-refractivity contribution in [3.8, 4) is 11.1 Å². The van der Waals surface area contributed by atoms with Crippen LogP contribution in [-0.4, -0.2) is 6.04 Å². The molecule has 3 heteroatoms. The quantitative estimate of drug-likeness (QED) is 0.558. The summed E-state index contributed by atoms with van der Waals surface area (Å²) in [5.74, 6) is 0.264. The monoisotopic (exact) mass is 369 g/mol. The van der Waals surface area contributed by atoms with E-state index in [-0.39, 0.29) is 12.0 Å². The van der Waals surface area contributed by atoms with Crippen molar-refractivity contribution in [3.05, 3.63) is 94.0 Å². The van der Waals surface area contributed by atoms with Crippen molar-refractivity contribution in [2.24, 2.45) is 5.73 Å². The van der Waals surface area contributed by atoms with E-state index >= 15 is 0 Å². The van der Waals surface area contributed by atoms with Gasteiger partial charge in [-0.25, -0.2) is 0 Å². The highest BCUT2D eigenvalue weighted by atomic mass is 35.5. The zero-order chi connectivity index (χ0) is 17.8. The maximum Gasteiger partial charge on any atom is 0.0406 e. The van der Waals surface area contributed by atoms with E-state index in [1.54, 1.807) is 0 Å². The first-order valence-corrected chi connectivity index (χ1v) is 9.14. The largest absolute Gasteiger partial charge is 0.327 e. The fourth-order valence-electron chi connectivity index (χ4n) is 3.05. The van der Waals surface area contributed by atoms with Crippen molar-refractivity contribution in [2.45, 2.75) is 25.3 Å². The molecule has 0 saturated heterocycles. The van der Waals surface area contributed by atoms with E-state index in [0.717, 1.165) is 22.0 Å². The summed E-state index contributed by atoms with van der Waals surface area (Å²) in [6.45, 7) is 2.06. The minimum Gasteiger partial charge on any atom is -0.327 e. The van der Waals surface area contributed by atoms with Gasteiger partial charge in [0.25, 0.3) is 0 Å². The Morgan fingerprint density at radius 1 is 0.720 bits per heavy atom. The maximum atomic E-state index is 6.27. The molecule has 0 amide bonds. The van der Waals surface area contributed by atoms with Gasteiger partial charge in [0.15, 0.2) is 0 Å². The average Bonchev–Trinajstić information content (AvgIpc) is 2.62. The number of rotatable bonds is 5. The minimum atomic E-state index is 0.0667. The first kappa shape index (κ1) is 18.0. The number of hydrogen-bond donors (Lipinski definition) is 1. The topological polar surface area (TPSA) is 26.0 Å². The third kappa shape index (κ3) is 4.64. The van der Waals surface area contributed by atoms with E-state index in [1.807, 2.05) is 36.4 Å². The van der Waals surface area contributed by atoms with Gasteiger partial charge in [-0.05, 0) is 59.9 Å². The smallest absolute Gasteiger partial charge is 0.0406 e. The van der Waals surface area contributed by atoms with Crippen LogP contribution in [0.1, 0.15) is 24.0 Å². The molecule has 0 aliphatic rings. The van der Waals surface area contributed by atoms with Crippen LogP contribution in [0.3, 0.4) is 0 Å². The Hall–Kier alpha value is -1.80. The van der Waals surface area contributed by atoms with Crippen molar-refractivity contribution in [2.75, 3.05) is 0 Å². The number of halogens is 2. The summed E-state index contributed by atoms with van der Waals surface area (Å²) in [6, 6.07) is 24.6. The molecule has 0 radical (unpaired) electrons. The standard InChI is InChI=1S/C22H21Cl2N/c1-15(25)22(14-16-2-10-20(23)11-3-16)19-6-4-17(5-7-19)18-8-12-21(24)13-9-18/h2-13,15,22H,14,25H2,1H3. The number of hydrogen-bond acceptors (Lipinski definition) is 1. The van der Waals surface area contributed by atoms with Gasteiger partial charge in [-0.15, -0.1) is 0 Å². The zero-order valence-electron chi connectivity index (χ0n) is 14.1. The van der Waals surface area contributed by atoms with Gasteiger partial charge < -0.3 is 5.73 Å². The summed E-state index contributed by atoms with van der Waals surface area (Å²) in [5.41, 5.74) is 11.1. The summed E-state index contributed by atoms with van der Waals surface area (Å²) in [6.07, 6.45) is 0.898. The lowest BCUT2D eigenvalue weighted by Crippen LogP contribution is -2.26. The van der Waals surface area contributed by atoms with Gasteiger partial charge in [-0.2, -0.15) is 0 Å². The van der Waals surface area contributed by atoms with E-state index in [4.69, 9.17) is 28.9 Å². The molecule has 3 aromatic carbocycles. The van der Waals surface area contributed by atoms with Gasteiger partial charge in [0.05, 0.1) is 0 Å². The Kier molecular flexibility index (Phi) is 5.80. The Morgan fingerprint density at radius 3 is 1.64 bits per heavy atom.